The lowest BCUT2D eigenvalue weighted by atomic mass is 10.1. The van der Waals surface area contributed by atoms with Gasteiger partial charge in [0.1, 0.15) is 11.5 Å². The van der Waals surface area contributed by atoms with Gasteiger partial charge in [-0.15, -0.1) is 0 Å². The molecule has 0 radical (unpaired) electrons. The maximum atomic E-state index is 5.47. The molecule has 0 heterocycles. The topological polar surface area (TPSA) is 30.5 Å². The normalized spacial score (nSPS) is 12.5. The van der Waals surface area contributed by atoms with Crippen molar-refractivity contribution < 1.29 is 9.47 Å². The Bertz CT molecular complexity index is 360. The first-order chi connectivity index (χ1) is 9.13. The third-order valence-electron chi connectivity index (χ3n) is 2.90. The van der Waals surface area contributed by atoms with Crippen LogP contribution in [0.1, 0.15) is 25.5 Å². The van der Waals surface area contributed by atoms with E-state index < -0.39 is 0 Å². The zero-order valence-corrected chi connectivity index (χ0v) is 13.3. The minimum atomic E-state index is 0.231. The molecule has 0 amide bonds. The minimum Gasteiger partial charge on any atom is -0.496 e. The molecular formula is C15H25NO2S. The number of methoxy groups -OCH3 is 2. The lowest BCUT2D eigenvalue weighted by Gasteiger charge is -2.22. The average Bonchev–Trinajstić information content (AvgIpc) is 2.42. The highest BCUT2D eigenvalue weighted by Crippen LogP contribution is 2.35. The molecule has 0 aromatic heterocycles. The largest absolute Gasteiger partial charge is 0.496 e. The molecule has 1 aromatic rings. The lowest BCUT2D eigenvalue weighted by Crippen LogP contribution is -2.20. The molecule has 3 nitrogen and oxygen atoms in total. The Morgan fingerprint density at radius 1 is 1.11 bits per heavy atom. The maximum absolute atomic E-state index is 5.47. The van der Waals surface area contributed by atoms with E-state index in [1.165, 1.54) is 0 Å². The summed E-state index contributed by atoms with van der Waals surface area (Å²) < 4.78 is 10.9. The molecule has 1 N–H and O–H groups in total. The quantitative estimate of drug-likeness (QED) is 0.792. The molecule has 0 fully saturated rings. The molecule has 0 aliphatic rings. The van der Waals surface area contributed by atoms with Gasteiger partial charge < -0.3 is 14.8 Å². The van der Waals surface area contributed by atoms with E-state index in [9.17, 15) is 0 Å². The first-order valence-electron chi connectivity index (χ1n) is 6.59. The molecule has 0 aliphatic carbocycles. The van der Waals surface area contributed by atoms with Crippen molar-refractivity contribution in [3.63, 3.8) is 0 Å². The molecule has 108 valence electrons. The fourth-order valence-corrected chi connectivity index (χ4v) is 3.13. The predicted octanol–water partition coefficient (Wildman–Crippen LogP) is 3.35. The van der Waals surface area contributed by atoms with Crippen LogP contribution in [-0.2, 0) is 0 Å². The number of hydrogen-bond acceptors (Lipinski definition) is 4. The average molecular weight is 283 g/mol. The molecule has 0 saturated carbocycles. The van der Waals surface area contributed by atoms with Gasteiger partial charge in [-0.25, -0.2) is 0 Å². The van der Waals surface area contributed by atoms with Gasteiger partial charge in [0.25, 0.3) is 0 Å². The highest BCUT2D eigenvalue weighted by atomic mass is 32.2. The third kappa shape index (κ3) is 4.62. The number of nitrogens with one attached hydrogen (secondary N) is 1. The van der Waals surface area contributed by atoms with E-state index in [-0.39, 0.29) is 6.04 Å². The van der Waals surface area contributed by atoms with Crippen molar-refractivity contribution in [2.75, 3.05) is 32.8 Å². The molecule has 1 rings (SSSR count). The van der Waals surface area contributed by atoms with Crippen LogP contribution >= 0.6 is 11.8 Å². The molecule has 0 bridgehead atoms. The molecule has 1 atom stereocenters. The van der Waals surface area contributed by atoms with Gasteiger partial charge in [-0.2, -0.15) is 11.8 Å². The van der Waals surface area contributed by atoms with Crippen molar-refractivity contribution in [2.45, 2.75) is 19.9 Å². The Kier molecular flexibility index (Phi) is 7.10. The Morgan fingerprint density at radius 3 is 2.11 bits per heavy atom. The first-order valence-corrected chi connectivity index (χ1v) is 7.75. The summed E-state index contributed by atoms with van der Waals surface area (Å²) in [5.74, 6) is 4.64. The standard InChI is InChI=1S/C15H25NO2S/c1-11(2)9-19-10-12(16-3)15-13(17-4)7-6-8-14(15)18-5/h6-8,11-12,16H,9-10H2,1-5H3. The molecular weight excluding hydrogens is 258 g/mol. The van der Waals surface area contributed by atoms with Crippen LogP contribution in [0, 0.1) is 5.92 Å². The number of hydrogen-bond donors (Lipinski definition) is 1. The highest BCUT2D eigenvalue weighted by molar-refractivity contribution is 7.99. The molecule has 1 unspecified atom stereocenters. The van der Waals surface area contributed by atoms with Crippen LogP contribution < -0.4 is 14.8 Å². The summed E-state index contributed by atoms with van der Waals surface area (Å²) in [6, 6.07) is 6.15. The number of thioether (sulfide) groups is 1. The second-order valence-electron chi connectivity index (χ2n) is 4.85. The van der Waals surface area contributed by atoms with Gasteiger partial charge in [-0.3, -0.25) is 0 Å². The predicted molar refractivity (Wildman–Crippen MR) is 83.5 cm³/mol. The van der Waals surface area contributed by atoms with E-state index in [1.807, 2.05) is 37.0 Å². The summed E-state index contributed by atoms with van der Waals surface area (Å²) in [5.41, 5.74) is 1.10. The molecule has 19 heavy (non-hydrogen) atoms. The SMILES string of the molecule is CNC(CSCC(C)C)c1c(OC)cccc1OC. The van der Waals surface area contributed by atoms with Crippen molar-refractivity contribution in [2.24, 2.45) is 5.92 Å². The van der Waals surface area contributed by atoms with Gasteiger partial charge in [0.2, 0.25) is 0 Å². The van der Waals surface area contributed by atoms with Crippen LogP contribution in [0.15, 0.2) is 18.2 Å². The van der Waals surface area contributed by atoms with Crippen LogP contribution in [0.4, 0.5) is 0 Å². The molecule has 4 heteroatoms. The Morgan fingerprint density at radius 2 is 1.68 bits per heavy atom. The summed E-state index contributed by atoms with van der Waals surface area (Å²) in [7, 11) is 5.38. The zero-order chi connectivity index (χ0) is 14.3. The van der Waals surface area contributed by atoms with E-state index in [2.05, 4.69) is 19.2 Å². The van der Waals surface area contributed by atoms with E-state index in [0.717, 1.165) is 28.6 Å². The van der Waals surface area contributed by atoms with E-state index >= 15 is 0 Å². The van der Waals surface area contributed by atoms with Crippen molar-refractivity contribution in [3.8, 4) is 11.5 Å². The number of ether oxygens (including phenoxy) is 2. The fourth-order valence-electron chi connectivity index (χ4n) is 1.96. The van der Waals surface area contributed by atoms with Crippen LogP contribution in [-0.4, -0.2) is 32.8 Å². The molecule has 0 aliphatic heterocycles. The van der Waals surface area contributed by atoms with Gasteiger partial charge in [0, 0.05) is 11.8 Å². The fraction of sp³-hybridized carbons (Fsp3) is 0.600. The van der Waals surface area contributed by atoms with Gasteiger partial charge in [0.05, 0.1) is 19.8 Å². The minimum absolute atomic E-state index is 0.231. The van der Waals surface area contributed by atoms with Gasteiger partial charge >= 0.3 is 0 Å². The van der Waals surface area contributed by atoms with Gasteiger partial charge in [-0.1, -0.05) is 19.9 Å². The highest BCUT2D eigenvalue weighted by Gasteiger charge is 2.19. The smallest absolute Gasteiger partial charge is 0.127 e. The second-order valence-corrected chi connectivity index (χ2v) is 5.92. The van der Waals surface area contributed by atoms with E-state index in [1.54, 1.807) is 14.2 Å². The Labute approximate surface area is 121 Å². The van der Waals surface area contributed by atoms with Gasteiger partial charge in [-0.05, 0) is 30.9 Å². The second kappa shape index (κ2) is 8.33. The Hall–Kier alpha value is -0.870. The molecule has 1 aromatic carbocycles. The van der Waals surface area contributed by atoms with Crippen molar-refractivity contribution >= 4 is 11.8 Å². The number of rotatable bonds is 8. The zero-order valence-electron chi connectivity index (χ0n) is 12.5. The molecule has 0 saturated heterocycles. The summed E-state index contributed by atoms with van der Waals surface area (Å²) in [5, 5.41) is 3.36. The maximum Gasteiger partial charge on any atom is 0.127 e. The summed E-state index contributed by atoms with van der Waals surface area (Å²) in [4.78, 5) is 0. The lowest BCUT2D eigenvalue weighted by molar-refractivity contribution is 0.377. The van der Waals surface area contributed by atoms with Crippen LogP contribution in [0.25, 0.3) is 0 Å². The summed E-state index contributed by atoms with van der Waals surface area (Å²) in [6.45, 7) is 4.48. The van der Waals surface area contributed by atoms with Crippen molar-refractivity contribution in [1.82, 2.24) is 5.32 Å². The Balaban J connectivity index is 2.89. The third-order valence-corrected chi connectivity index (χ3v) is 4.37. The van der Waals surface area contributed by atoms with Gasteiger partial charge in [0.15, 0.2) is 0 Å². The van der Waals surface area contributed by atoms with Crippen LogP contribution in [0.2, 0.25) is 0 Å². The monoisotopic (exact) mass is 283 g/mol. The van der Waals surface area contributed by atoms with E-state index in [4.69, 9.17) is 9.47 Å². The van der Waals surface area contributed by atoms with Crippen molar-refractivity contribution in [1.29, 1.82) is 0 Å². The van der Waals surface area contributed by atoms with Crippen molar-refractivity contribution in [3.05, 3.63) is 23.8 Å². The molecule has 0 spiro atoms. The number of benzene rings is 1. The summed E-state index contributed by atoms with van der Waals surface area (Å²) in [6.07, 6.45) is 0. The van der Waals surface area contributed by atoms with E-state index in [0.29, 0.717) is 5.92 Å². The first kappa shape index (κ1) is 16.2. The van der Waals surface area contributed by atoms with Crippen LogP contribution in [0.5, 0.6) is 11.5 Å². The summed E-state index contributed by atoms with van der Waals surface area (Å²) >= 11 is 1.95. The van der Waals surface area contributed by atoms with Crippen LogP contribution in [0.3, 0.4) is 0 Å².